The SMILES string of the molecule is COc1ccc(C=O)c2c1OCCCO2. The quantitative estimate of drug-likeness (QED) is 0.693. The van der Waals surface area contributed by atoms with Gasteiger partial charge in [-0.05, 0) is 12.1 Å². The summed E-state index contributed by atoms with van der Waals surface area (Å²) in [5.41, 5.74) is 0.493. The van der Waals surface area contributed by atoms with E-state index in [9.17, 15) is 4.79 Å². The van der Waals surface area contributed by atoms with Crippen LogP contribution in [0.3, 0.4) is 0 Å². The second-order valence-corrected chi connectivity index (χ2v) is 3.18. The Morgan fingerprint density at radius 1 is 1.27 bits per heavy atom. The molecule has 0 amide bonds. The highest BCUT2D eigenvalue weighted by molar-refractivity contribution is 5.82. The minimum Gasteiger partial charge on any atom is -0.493 e. The van der Waals surface area contributed by atoms with Crippen LogP contribution in [0, 0.1) is 0 Å². The summed E-state index contributed by atoms with van der Waals surface area (Å²) in [5, 5.41) is 0. The number of carbonyl (C=O) groups is 1. The molecule has 0 aliphatic carbocycles. The van der Waals surface area contributed by atoms with E-state index in [1.807, 2.05) is 0 Å². The Hall–Kier alpha value is -1.71. The van der Waals surface area contributed by atoms with Crippen LogP contribution in [-0.4, -0.2) is 26.6 Å². The lowest BCUT2D eigenvalue weighted by atomic mass is 10.2. The Balaban J connectivity index is 2.53. The van der Waals surface area contributed by atoms with Gasteiger partial charge in [0.05, 0.1) is 25.9 Å². The number of hydrogen-bond donors (Lipinski definition) is 0. The molecule has 4 nitrogen and oxygen atoms in total. The van der Waals surface area contributed by atoms with Crippen molar-refractivity contribution in [3.05, 3.63) is 17.7 Å². The van der Waals surface area contributed by atoms with Gasteiger partial charge in [0.1, 0.15) is 0 Å². The highest BCUT2D eigenvalue weighted by atomic mass is 16.5. The third-order valence-corrected chi connectivity index (χ3v) is 2.23. The summed E-state index contributed by atoms with van der Waals surface area (Å²) in [6.07, 6.45) is 1.56. The molecule has 0 aromatic heterocycles. The predicted octanol–water partition coefficient (Wildman–Crippen LogP) is 1.67. The first-order valence-electron chi connectivity index (χ1n) is 4.78. The molecule has 0 spiro atoms. The molecule has 2 rings (SSSR count). The fraction of sp³-hybridized carbons (Fsp3) is 0.364. The zero-order chi connectivity index (χ0) is 10.7. The zero-order valence-electron chi connectivity index (χ0n) is 8.49. The number of benzene rings is 1. The molecule has 1 aromatic rings. The number of rotatable bonds is 2. The van der Waals surface area contributed by atoms with E-state index < -0.39 is 0 Å². The summed E-state index contributed by atoms with van der Waals surface area (Å²) in [5.74, 6) is 1.61. The van der Waals surface area contributed by atoms with Gasteiger partial charge in [-0.1, -0.05) is 0 Å². The minimum atomic E-state index is 0.488. The van der Waals surface area contributed by atoms with Gasteiger partial charge in [0.15, 0.2) is 17.8 Å². The van der Waals surface area contributed by atoms with Crippen LogP contribution in [0.15, 0.2) is 12.1 Å². The zero-order valence-corrected chi connectivity index (χ0v) is 8.49. The average molecular weight is 208 g/mol. The van der Waals surface area contributed by atoms with Gasteiger partial charge in [0, 0.05) is 6.42 Å². The van der Waals surface area contributed by atoms with Crippen LogP contribution in [0.1, 0.15) is 16.8 Å². The van der Waals surface area contributed by atoms with Gasteiger partial charge < -0.3 is 14.2 Å². The molecule has 0 N–H and O–H groups in total. The molecule has 1 aliphatic rings. The van der Waals surface area contributed by atoms with Gasteiger partial charge >= 0.3 is 0 Å². The Bertz CT molecular complexity index is 373. The molecule has 15 heavy (non-hydrogen) atoms. The van der Waals surface area contributed by atoms with Gasteiger partial charge in [-0.25, -0.2) is 0 Å². The van der Waals surface area contributed by atoms with Gasteiger partial charge in [-0.3, -0.25) is 4.79 Å². The maximum absolute atomic E-state index is 10.8. The number of aldehydes is 1. The van der Waals surface area contributed by atoms with Crippen LogP contribution in [-0.2, 0) is 0 Å². The molecule has 0 bridgehead atoms. The van der Waals surface area contributed by atoms with Crippen molar-refractivity contribution < 1.29 is 19.0 Å². The molecular formula is C11H12O4. The fourth-order valence-electron chi connectivity index (χ4n) is 1.51. The van der Waals surface area contributed by atoms with Crippen LogP contribution in [0.2, 0.25) is 0 Å². The normalized spacial score (nSPS) is 14.2. The largest absolute Gasteiger partial charge is 0.493 e. The van der Waals surface area contributed by atoms with Crippen molar-refractivity contribution >= 4 is 6.29 Å². The van der Waals surface area contributed by atoms with E-state index in [0.29, 0.717) is 36.0 Å². The van der Waals surface area contributed by atoms with E-state index in [1.165, 1.54) is 0 Å². The van der Waals surface area contributed by atoms with Crippen LogP contribution in [0.5, 0.6) is 17.2 Å². The summed E-state index contributed by atoms with van der Waals surface area (Å²) >= 11 is 0. The van der Waals surface area contributed by atoms with Crippen LogP contribution >= 0.6 is 0 Å². The number of ether oxygens (including phenoxy) is 3. The molecule has 0 fully saturated rings. The number of methoxy groups -OCH3 is 1. The first-order chi connectivity index (χ1) is 7.36. The monoisotopic (exact) mass is 208 g/mol. The van der Waals surface area contributed by atoms with Crippen molar-refractivity contribution in [1.82, 2.24) is 0 Å². The van der Waals surface area contributed by atoms with Crippen molar-refractivity contribution in [2.24, 2.45) is 0 Å². The Morgan fingerprint density at radius 2 is 2.00 bits per heavy atom. The van der Waals surface area contributed by atoms with Crippen LogP contribution < -0.4 is 14.2 Å². The summed E-state index contributed by atoms with van der Waals surface area (Å²) in [6, 6.07) is 3.37. The first kappa shape index (κ1) is 9.83. The smallest absolute Gasteiger partial charge is 0.204 e. The molecule has 1 aromatic carbocycles. The lowest BCUT2D eigenvalue weighted by Gasteiger charge is -2.12. The van der Waals surface area contributed by atoms with Crippen LogP contribution in [0.25, 0.3) is 0 Å². The van der Waals surface area contributed by atoms with E-state index in [2.05, 4.69) is 0 Å². The molecule has 0 saturated carbocycles. The molecule has 0 saturated heterocycles. The number of carbonyl (C=O) groups excluding carboxylic acids is 1. The van der Waals surface area contributed by atoms with E-state index >= 15 is 0 Å². The third-order valence-electron chi connectivity index (χ3n) is 2.23. The summed E-state index contributed by atoms with van der Waals surface area (Å²) in [4.78, 5) is 10.8. The lowest BCUT2D eigenvalue weighted by molar-refractivity contribution is 0.111. The van der Waals surface area contributed by atoms with Crippen molar-refractivity contribution in [3.8, 4) is 17.2 Å². The van der Waals surface area contributed by atoms with E-state index in [-0.39, 0.29) is 0 Å². The average Bonchev–Trinajstić information content (AvgIpc) is 2.53. The predicted molar refractivity (Wildman–Crippen MR) is 54.0 cm³/mol. The lowest BCUT2D eigenvalue weighted by Crippen LogP contribution is -1.98. The van der Waals surface area contributed by atoms with Crippen LogP contribution in [0.4, 0.5) is 0 Å². The molecule has 1 heterocycles. The molecule has 80 valence electrons. The van der Waals surface area contributed by atoms with Gasteiger partial charge in [0.25, 0.3) is 0 Å². The minimum absolute atomic E-state index is 0.488. The first-order valence-corrected chi connectivity index (χ1v) is 4.78. The Labute approximate surface area is 87.8 Å². The van der Waals surface area contributed by atoms with E-state index in [1.54, 1.807) is 19.2 Å². The molecule has 1 aliphatic heterocycles. The van der Waals surface area contributed by atoms with Crippen molar-refractivity contribution in [2.75, 3.05) is 20.3 Å². The molecular weight excluding hydrogens is 196 g/mol. The van der Waals surface area contributed by atoms with E-state index in [0.717, 1.165) is 12.7 Å². The Morgan fingerprint density at radius 3 is 2.67 bits per heavy atom. The summed E-state index contributed by atoms with van der Waals surface area (Å²) < 4.78 is 16.1. The van der Waals surface area contributed by atoms with Gasteiger partial charge in [-0.15, -0.1) is 0 Å². The second-order valence-electron chi connectivity index (χ2n) is 3.18. The molecule has 0 atom stereocenters. The second kappa shape index (κ2) is 4.21. The highest BCUT2D eigenvalue weighted by Gasteiger charge is 2.19. The molecule has 4 heteroatoms. The van der Waals surface area contributed by atoms with E-state index in [4.69, 9.17) is 14.2 Å². The molecule has 0 radical (unpaired) electrons. The Kier molecular flexibility index (Phi) is 2.76. The highest BCUT2D eigenvalue weighted by Crippen LogP contribution is 2.40. The van der Waals surface area contributed by atoms with Crippen molar-refractivity contribution in [2.45, 2.75) is 6.42 Å². The van der Waals surface area contributed by atoms with Crippen molar-refractivity contribution in [1.29, 1.82) is 0 Å². The number of fused-ring (bicyclic) bond motifs is 1. The van der Waals surface area contributed by atoms with Gasteiger partial charge in [0.2, 0.25) is 5.75 Å². The third kappa shape index (κ3) is 1.75. The maximum atomic E-state index is 10.8. The maximum Gasteiger partial charge on any atom is 0.204 e. The molecule has 0 unspecified atom stereocenters. The fourth-order valence-corrected chi connectivity index (χ4v) is 1.51. The summed E-state index contributed by atoms with van der Waals surface area (Å²) in [6.45, 7) is 1.13. The standard InChI is InChI=1S/C11H12O4/c1-13-9-4-3-8(7-12)10-11(9)15-6-2-5-14-10/h3-4,7H,2,5-6H2,1H3. The van der Waals surface area contributed by atoms with Gasteiger partial charge in [-0.2, -0.15) is 0 Å². The van der Waals surface area contributed by atoms with Crippen molar-refractivity contribution in [3.63, 3.8) is 0 Å². The summed E-state index contributed by atoms with van der Waals surface area (Å²) in [7, 11) is 1.56. The topological polar surface area (TPSA) is 44.8 Å². The number of hydrogen-bond acceptors (Lipinski definition) is 4.